The first kappa shape index (κ1) is 12.1. The molecule has 0 aliphatic rings. The minimum atomic E-state index is -0.0124. The second-order valence-electron chi connectivity index (χ2n) is 3.74. The van der Waals surface area contributed by atoms with Gasteiger partial charge in [-0.05, 0) is 18.0 Å². The van der Waals surface area contributed by atoms with Gasteiger partial charge < -0.3 is 0 Å². The van der Waals surface area contributed by atoms with Gasteiger partial charge in [0.25, 0.3) is 0 Å². The quantitative estimate of drug-likeness (QED) is 0.574. The minimum Gasteiger partial charge on any atom is -0.271 e. The Morgan fingerprint density at radius 3 is 2.94 bits per heavy atom. The summed E-state index contributed by atoms with van der Waals surface area (Å²) in [5.74, 6) is 5.59. The fraction of sp³-hybridized carbons (Fsp3) is 0.556. The molecule has 0 fully saturated rings. The van der Waals surface area contributed by atoms with Gasteiger partial charge >= 0.3 is 0 Å². The van der Waals surface area contributed by atoms with Crippen LogP contribution in [0, 0.1) is 0 Å². The number of aromatic nitrogens is 5. The molecular formula is C9H15N7S. The van der Waals surface area contributed by atoms with E-state index in [4.69, 9.17) is 5.84 Å². The Kier molecular flexibility index (Phi) is 3.77. The molecule has 1 atom stereocenters. The molecule has 2 heterocycles. The first-order valence-electron chi connectivity index (χ1n) is 5.37. The van der Waals surface area contributed by atoms with Crippen molar-refractivity contribution < 1.29 is 0 Å². The van der Waals surface area contributed by atoms with Crippen LogP contribution >= 0.6 is 11.5 Å². The highest BCUT2D eigenvalue weighted by Crippen LogP contribution is 2.23. The van der Waals surface area contributed by atoms with Gasteiger partial charge in [-0.25, -0.2) is 0 Å². The third-order valence-electron chi connectivity index (χ3n) is 2.50. The molecule has 0 aromatic carbocycles. The van der Waals surface area contributed by atoms with Crippen molar-refractivity contribution >= 4 is 11.5 Å². The van der Waals surface area contributed by atoms with Gasteiger partial charge in [0, 0.05) is 19.7 Å². The summed E-state index contributed by atoms with van der Waals surface area (Å²) in [5.41, 5.74) is 4.67. The van der Waals surface area contributed by atoms with Crippen LogP contribution in [-0.2, 0) is 19.9 Å². The zero-order valence-corrected chi connectivity index (χ0v) is 10.6. The van der Waals surface area contributed by atoms with E-state index in [1.165, 1.54) is 11.5 Å². The van der Waals surface area contributed by atoms with E-state index in [9.17, 15) is 0 Å². The third-order valence-corrected chi connectivity index (χ3v) is 3.38. The van der Waals surface area contributed by atoms with Gasteiger partial charge in [0.15, 0.2) is 0 Å². The van der Waals surface area contributed by atoms with Crippen molar-refractivity contribution in [2.24, 2.45) is 12.9 Å². The van der Waals surface area contributed by atoms with Crippen molar-refractivity contribution in [2.45, 2.75) is 25.8 Å². The zero-order chi connectivity index (χ0) is 12.3. The number of aryl methyl sites for hydroxylation is 2. The van der Waals surface area contributed by atoms with Crippen LogP contribution in [-0.4, -0.2) is 24.6 Å². The molecule has 17 heavy (non-hydrogen) atoms. The largest absolute Gasteiger partial charge is 0.271 e. The SMILES string of the molecule is CCc1nnsc1C(Cc1cn(C)nn1)NN. The monoisotopic (exact) mass is 253 g/mol. The molecule has 92 valence electrons. The summed E-state index contributed by atoms with van der Waals surface area (Å²) in [5, 5.41) is 12.0. The molecule has 8 heteroatoms. The highest BCUT2D eigenvalue weighted by atomic mass is 32.1. The number of nitrogens with zero attached hydrogens (tertiary/aromatic N) is 5. The maximum Gasteiger partial charge on any atom is 0.0846 e. The second kappa shape index (κ2) is 5.30. The van der Waals surface area contributed by atoms with E-state index in [1.807, 2.05) is 13.2 Å². The summed E-state index contributed by atoms with van der Waals surface area (Å²) >= 11 is 1.37. The maximum absolute atomic E-state index is 5.59. The standard InChI is InChI=1S/C9H15N7S/c1-3-7-9(17-15-13-7)8(11-10)4-6-5-16(2)14-12-6/h5,8,11H,3-4,10H2,1-2H3. The van der Waals surface area contributed by atoms with Gasteiger partial charge in [0.1, 0.15) is 0 Å². The summed E-state index contributed by atoms with van der Waals surface area (Å²) in [6.45, 7) is 2.05. The minimum absolute atomic E-state index is 0.0124. The molecule has 0 aliphatic carbocycles. The Bertz CT molecular complexity index is 477. The Morgan fingerprint density at radius 1 is 1.53 bits per heavy atom. The molecular weight excluding hydrogens is 238 g/mol. The molecule has 0 spiro atoms. The summed E-state index contributed by atoms with van der Waals surface area (Å²) in [6, 6.07) is -0.0124. The van der Waals surface area contributed by atoms with Crippen LogP contribution in [0.15, 0.2) is 6.20 Å². The molecule has 7 nitrogen and oxygen atoms in total. The van der Waals surface area contributed by atoms with Crippen LogP contribution in [0.3, 0.4) is 0 Å². The predicted molar refractivity (Wildman–Crippen MR) is 64.1 cm³/mol. The Labute approximate surface area is 103 Å². The molecule has 0 bridgehead atoms. The van der Waals surface area contributed by atoms with Crippen molar-refractivity contribution in [1.29, 1.82) is 0 Å². The lowest BCUT2D eigenvalue weighted by atomic mass is 10.1. The highest BCUT2D eigenvalue weighted by Gasteiger charge is 2.19. The summed E-state index contributed by atoms with van der Waals surface area (Å²) < 4.78 is 5.64. The second-order valence-corrected chi connectivity index (χ2v) is 4.53. The first-order chi connectivity index (χ1) is 8.24. The lowest BCUT2D eigenvalue weighted by molar-refractivity contribution is 0.548. The normalized spacial score (nSPS) is 12.9. The molecule has 1 unspecified atom stereocenters. The molecule has 0 radical (unpaired) electrons. The number of hydrogen-bond acceptors (Lipinski definition) is 7. The van der Waals surface area contributed by atoms with Crippen LogP contribution in [0.25, 0.3) is 0 Å². The molecule has 0 amide bonds. The van der Waals surface area contributed by atoms with Crippen molar-refractivity contribution in [2.75, 3.05) is 0 Å². The van der Waals surface area contributed by atoms with Gasteiger partial charge in [0.2, 0.25) is 0 Å². The fourth-order valence-corrected chi connectivity index (χ4v) is 2.45. The van der Waals surface area contributed by atoms with Crippen LogP contribution in [0.4, 0.5) is 0 Å². The molecule has 2 aromatic rings. The van der Waals surface area contributed by atoms with E-state index in [1.54, 1.807) is 4.68 Å². The first-order valence-corrected chi connectivity index (χ1v) is 6.14. The van der Waals surface area contributed by atoms with Crippen LogP contribution in [0.5, 0.6) is 0 Å². The van der Waals surface area contributed by atoms with Crippen LogP contribution < -0.4 is 11.3 Å². The number of rotatable bonds is 5. The predicted octanol–water partition coefficient (Wildman–Crippen LogP) is -0.0239. The van der Waals surface area contributed by atoms with E-state index < -0.39 is 0 Å². The zero-order valence-electron chi connectivity index (χ0n) is 9.79. The van der Waals surface area contributed by atoms with Gasteiger partial charge in [-0.15, -0.1) is 10.2 Å². The Balaban J connectivity index is 2.16. The van der Waals surface area contributed by atoms with Crippen LogP contribution in [0.2, 0.25) is 0 Å². The topological polar surface area (TPSA) is 94.5 Å². The van der Waals surface area contributed by atoms with Crippen molar-refractivity contribution in [3.8, 4) is 0 Å². The smallest absolute Gasteiger partial charge is 0.0846 e. The number of nitrogens with one attached hydrogen (secondary N) is 1. The van der Waals surface area contributed by atoms with Crippen molar-refractivity contribution in [1.82, 2.24) is 30.0 Å². The van der Waals surface area contributed by atoms with Gasteiger partial charge in [-0.3, -0.25) is 16.0 Å². The van der Waals surface area contributed by atoms with Crippen molar-refractivity contribution in [3.63, 3.8) is 0 Å². The van der Waals surface area contributed by atoms with E-state index in [0.717, 1.165) is 22.7 Å². The Hall–Kier alpha value is -1.38. The molecule has 0 saturated carbocycles. The highest BCUT2D eigenvalue weighted by molar-refractivity contribution is 7.05. The van der Waals surface area contributed by atoms with E-state index in [0.29, 0.717) is 6.42 Å². The lowest BCUT2D eigenvalue weighted by Crippen LogP contribution is -2.29. The summed E-state index contributed by atoms with van der Waals surface area (Å²) in [6.07, 6.45) is 3.41. The number of hydrazine groups is 1. The maximum atomic E-state index is 5.59. The van der Waals surface area contributed by atoms with Crippen molar-refractivity contribution in [3.05, 3.63) is 22.5 Å². The molecule has 3 N–H and O–H groups in total. The third kappa shape index (κ3) is 2.65. The van der Waals surface area contributed by atoms with E-state index in [2.05, 4.69) is 32.2 Å². The van der Waals surface area contributed by atoms with Crippen LogP contribution in [0.1, 0.15) is 29.2 Å². The molecule has 0 saturated heterocycles. The lowest BCUT2D eigenvalue weighted by Gasteiger charge is -2.12. The number of nitrogens with two attached hydrogens (primary N) is 1. The van der Waals surface area contributed by atoms with E-state index in [-0.39, 0.29) is 6.04 Å². The summed E-state index contributed by atoms with van der Waals surface area (Å²) in [7, 11) is 1.84. The molecule has 0 aliphatic heterocycles. The number of hydrogen-bond donors (Lipinski definition) is 2. The average molecular weight is 253 g/mol. The Morgan fingerprint density at radius 2 is 2.35 bits per heavy atom. The van der Waals surface area contributed by atoms with Gasteiger partial charge in [0.05, 0.1) is 22.3 Å². The van der Waals surface area contributed by atoms with Gasteiger partial charge in [-0.2, -0.15) is 0 Å². The summed E-state index contributed by atoms with van der Waals surface area (Å²) in [4.78, 5) is 1.07. The fourth-order valence-electron chi connectivity index (χ4n) is 1.65. The van der Waals surface area contributed by atoms with Gasteiger partial charge in [-0.1, -0.05) is 16.6 Å². The molecule has 2 rings (SSSR count). The van der Waals surface area contributed by atoms with E-state index >= 15 is 0 Å². The average Bonchev–Trinajstić information content (AvgIpc) is 2.94. The molecule has 2 aromatic heterocycles.